The zero-order chi connectivity index (χ0) is 21.9. The Morgan fingerprint density at radius 3 is 2.74 bits per heavy atom. The van der Waals surface area contributed by atoms with Crippen molar-refractivity contribution < 1.29 is 32.2 Å². The van der Waals surface area contributed by atoms with Crippen LogP contribution in [0.4, 0.5) is 29.5 Å². The lowest BCUT2D eigenvalue weighted by atomic mass is 10.0. The third kappa shape index (κ3) is 2.96. The van der Waals surface area contributed by atoms with E-state index < -0.39 is 48.9 Å². The van der Waals surface area contributed by atoms with Crippen LogP contribution in [0, 0.1) is 5.95 Å². The molecule has 0 spiro atoms. The van der Waals surface area contributed by atoms with E-state index in [0.717, 1.165) is 5.69 Å². The highest BCUT2D eigenvalue weighted by atomic mass is 19.3. The molecule has 5 rings (SSSR count). The van der Waals surface area contributed by atoms with Gasteiger partial charge in [0.1, 0.15) is 36.9 Å². The minimum absolute atomic E-state index is 0.0635. The van der Waals surface area contributed by atoms with Gasteiger partial charge in [-0.2, -0.15) is 4.39 Å². The number of carbonyl (C=O) groups is 2. The lowest BCUT2D eigenvalue weighted by Crippen LogP contribution is -2.55. The molecule has 9 nitrogen and oxygen atoms in total. The summed E-state index contributed by atoms with van der Waals surface area (Å²) in [6.07, 6.45) is -3.33. The molecule has 1 aromatic heterocycles. The maximum atomic E-state index is 15.2. The molecule has 0 radical (unpaired) electrons. The first-order chi connectivity index (χ1) is 14.9. The van der Waals surface area contributed by atoms with Crippen molar-refractivity contribution in [1.29, 1.82) is 0 Å². The minimum Gasteiger partial charge on any atom is -0.491 e. The van der Waals surface area contributed by atoms with Crippen LogP contribution in [0.15, 0.2) is 18.2 Å². The molecule has 0 saturated carbocycles. The Morgan fingerprint density at radius 1 is 1.26 bits per heavy atom. The number of cyclic esters (lactones) is 1. The number of amides is 2. The molecule has 2 N–H and O–H groups in total. The highest BCUT2D eigenvalue weighted by molar-refractivity contribution is 5.90. The largest absolute Gasteiger partial charge is 0.491 e. The molecule has 2 amide bonds. The number of fused-ring (bicyclic) bond motifs is 3. The summed E-state index contributed by atoms with van der Waals surface area (Å²) in [5, 5.41) is 0. The van der Waals surface area contributed by atoms with Gasteiger partial charge in [0.15, 0.2) is 5.82 Å². The average molecular weight is 437 g/mol. The van der Waals surface area contributed by atoms with Gasteiger partial charge in [-0.1, -0.05) is 0 Å². The van der Waals surface area contributed by atoms with Crippen LogP contribution in [0.5, 0.6) is 5.75 Å². The molecule has 2 saturated heterocycles. The van der Waals surface area contributed by atoms with Gasteiger partial charge in [0.2, 0.25) is 11.9 Å². The third-order valence-electron chi connectivity index (χ3n) is 5.77. The van der Waals surface area contributed by atoms with Gasteiger partial charge >= 0.3 is 6.09 Å². The van der Waals surface area contributed by atoms with Gasteiger partial charge < -0.3 is 20.1 Å². The third-order valence-corrected chi connectivity index (χ3v) is 5.77. The molecule has 0 aliphatic carbocycles. The summed E-state index contributed by atoms with van der Waals surface area (Å²) in [4.78, 5) is 30.1. The van der Waals surface area contributed by atoms with E-state index in [1.807, 2.05) is 4.90 Å². The SMILES string of the molecule is NC(=O)C1CCN1c1ccc2c(c1)OCCn1c-2nc(N2C(=O)OCC2C(F)F)c1F. The first-order valence-corrected chi connectivity index (χ1v) is 9.70. The molecule has 12 heteroatoms. The number of rotatable bonds is 4. The maximum absolute atomic E-state index is 15.2. The standard InChI is InChI=1S/C19H18F3N5O4/c20-14(21)12-8-31-19(29)27(12)18-15(22)26-5-6-30-13-7-9(1-2-10(13)17(26)24-18)25-4-3-11(25)16(23)28/h1-2,7,11-12,14H,3-6,8H2,(H2,23,28). The minimum atomic E-state index is -2.92. The summed E-state index contributed by atoms with van der Waals surface area (Å²) in [7, 11) is 0. The predicted octanol–water partition coefficient (Wildman–Crippen LogP) is 1.74. The number of benzene rings is 1. The summed E-state index contributed by atoms with van der Waals surface area (Å²) in [5.74, 6) is -1.30. The van der Waals surface area contributed by atoms with E-state index in [0.29, 0.717) is 29.2 Å². The number of imidazole rings is 1. The van der Waals surface area contributed by atoms with Crippen LogP contribution < -0.4 is 20.3 Å². The Balaban J connectivity index is 1.54. The van der Waals surface area contributed by atoms with Gasteiger partial charge in [-0.15, -0.1) is 0 Å². The van der Waals surface area contributed by atoms with Crippen LogP contribution in [0.1, 0.15) is 6.42 Å². The van der Waals surface area contributed by atoms with Crippen LogP contribution in [0.2, 0.25) is 0 Å². The molecule has 1 aromatic carbocycles. The Hall–Kier alpha value is -3.44. The monoisotopic (exact) mass is 437 g/mol. The van der Waals surface area contributed by atoms with Crippen molar-refractivity contribution in [2.45, 2.75) is 31.5 Å². The van der Waals surface area contributed by atoms with Crippen LogP contribution in [0.3, 0.4) is 0 Å². The van der Waals surface area contributed by atoms with Crippen molar-refractivity contribution in [2.75, 3.05) is 29.6 Å². The predicted molar refractivity (Wildman–Crippen MR) is 102 cm³/mol. The number of ether oxygens (including phenoxy) is 2. The van der Waals surface area contributed by atoms with E-state index in [2.05, 4.69) is 9.72 Å². The molecule has 3 aliphatic rings. The lowest BCUT2D eigenvalue weighted by Gasteiger charge is -2.40. The summed E-state index contributed by atoms with van der Waals surface area (Å²) < 4.78 is 53.4. The molecule has 2 atom stereocenters. The molecule has 4 heterocycles. The van der Waals surface area contributed by atoms with Crippen molar-refractivity contribution in [2.24, 2.45) is 5.73 Å². The van der Waals surface area contributed by atoms with Gasteiger partial charge in [-0.25, -0.2) is 23.5 Å². The summed E-state index contributed by atoms with van der Waals surface area (Å²) in [6.45, 7) is 0.274. The number of nitrogens with two attached hydrogens (primary N) is 1. The van der Waals surface area contributed by atoms with E-state index in [-0.39, 0.29) is 19.0 Å². The second-order valence-corrected chi connectivity index (χ2v) is 7.48. The summed E-state index contributed by atoms with van der Waals surface area (Å²) in [5.41, 5.74) is 6.56. The van der Waals surface area contributed by atoms with Crippen LogP contribution >= 0.6 is 0 Å². The van der Waals surface area contributed by atoms with Crippen molar-refractivity contribution in [1.82, 2.24) is 9.55 Å². The van der Waals surface area contributed by atoms with E-state index in [1.54, 1.807) is 18.2 Å². The van der Waals surface area contributed by atoms with Crippen LogP contribution in [0.25, 0.3) is 11.4 Å². The smallest absolute Gasteiger partial charge is 0.416 e. The molecular formula is C19H18F3N5O4. The normalized spacial score (nSPS) is 22.4. The molecule has 0 bridgehead atoms. The van der Waals surface area contributed by atoms with Crippen LogP contribution in [-0.4, -0.2) is 59.8 Å². The van der Waals surface area contributed by atoms with E-state index in [4.69, 9.17) is 10.5 Å². The highest BCUT2D eigenvalue weighted by Crippen LogP contribution is 2.40. The van der Waals surface area contributed by atoms with Gasteiger partial charge in [0, 0.05) is 18.3 Å². The zero-order valence-electron chi connectivity index (χ0n) is 16.1. The van der Waals surface area contributed by atoms with E-state index in [1.165, 1.54) is 4.57 Å². The van der Waals surface area contributed by atoms with Crippen molar-refractivity contribution in [3.05, 3.63) is 24.1 Å². The van der Waals surface area contributed by atoms with E-state index >= 15 is 4.39 Å². The van der Waals surface area contributed by atoms with Crippen LogP contribution in [-0.2, 0) is 16.1 Å². The van der Waals surface area contributed by atoms with Crippen molar-refractivity contribution in [3.8, 4) is 17.1 Å². The average Bonchev–Trinajstić information content (AvgIpc) is 3.15. The van der Waals surface area contributed by atoms with Gasteiger partial charge in [0.25, 0.3) is 6.43 Å². The number of hydrogen-bond acceptors (Lipinski definition) is 6. The number of alkyl halides is 2. The first kappa shape index (κ1) is 19.5. The lowest BCUT2D eigenvalue weighted by molar-refractivity contribution is -0.120. The number of carbonyl (C=O) groups excluding carboxylic acids is 2. The Morgan fingerprint density at radius 2 is 2.06 bits per heavy atom. The van der Waals surface area contributed by atoms with Gasteiger partial charge in [-0.05, 0) is 18.6 Å². The first-order valence-electron chi connectivity index (χ1n) is 9.70. The fourth-order valence-corrected chi connectivity index (χ4v) is 4.08. The summed E-state index contributed by atoms with van der Waals surface area (Å²) in [6, 6.07) is 3.07. The van der Waals surface area contributed by atoms with Crippen molar-refractivity contribution in [3.63, 3.8) is 0 Å². The number of nitrogens with zero attached hydrogens (tertiary/aromatic N) is 4. The topological polar surface area (TPSA) is 103 Å². The second kappa shape index (κ2) is 7.06. The molecule has 2 fully saturated rings. The molecule has 3 aliphatic heterocycles. The highest BCUT2D eigenvalue weighted by Gasteiger charge is 2.44. The van der Waals surface area contributed by atoms with Crippen molar-refractivity contribution >= 4 is 23.5 Å². The number of hydrogen-bond donors (Lipinski definition) is 1. The Kier molecular flexibility index (Phi) is 4.45. The molecule has 164 valence electrons. The fourth-order valence-electron chi connectivity index (χ4n) is 4.08. The van der Waals surface area contributed by atoms with Gasteiger partial charge in [-0.3, -0.25) is 9.36 Å². The Labute approximate surface area is 174 Å². The van der Waals surface area contributed by atoms with E-state index in [9.17, 15) is 18.4 Å². The number of anilines is 2. The summed E-state index contributed by atoms with van der Waals surface area (Å²) >= 11 is 0. The molecule has 2 unspecified atom stereocenters. The number of primary amides is 1. The zero-order valence-corrected chi connectivity index (χ0v) is 16.1. The van der Waals surface area contributed by atoms with Gasteiger partial charge in [0.05, 0.1) is 12.1 Å². The Bertz CT molecular complexity index is 1080. The molecule has 2 aromatic rings. The number of aromatic nitrogens is 2. The second-order valence-electron chi connectivity index (χ2n) is 7.48. The maximum Gasteiger partial charge on any atom is 0.416 e. The molecular weight excluding hydrogens is 419 g/mol. The number of halogens is 3. The fraction of sp³-hybridized carbons (Fsp3) is 0.421. The quantitative estimate of drug-likeness (QED) is 0.782. The molecule has 31 heavy (non-hydrogen) atoms.